The summed E-state index contributed by atoms with van der Waals surface area (Å²) in [6, 6.07) is 5.61. The Morgan fingerprint density at radius 2 is 2.25 bits per heavy atom. The van der Waals surface area contributed by atoms with Crippen LogP contribution in [0.3, 0.4) is 0 Å². The highest BCUT2D eigenvalue weighted by molar-refractivity contribution is 5.86. The smallest absolute Gasteiger partial charge is 0.311 e. The van der Waals surface area contributed by atoms with Crippen molar-refractivity contribution in [3.63, 3.8) is 0 Å². The molecule has 0 N–H and O–H groups in total. The van der Waals surface area contributed by atoms with Gasteiger partial charge in [-0.15, -0.1) is 0 Å². The van der Waals surface area contributed by atoms with Gasteiger partial charge >= 0.3 is 5.97 Å². The van der Waals surface area contributed by atoms with Crippen LogP contribution in [-0.2, 0) is 20.9 Å². The van der Waals surface area contributed by atoms with Crippen molar-refractivity contribution in [2.45, 2.75) is 25.8 Å². The van der Waals surface area contributed by atoms with E-state index in [1.165, 1.54) is 0 Å². The third kappa shape index (κ3) is 3.15. The van der Waals surface area contributed by atoms with E-state index >= 15 is 0 Å². The lowest BCUT2D eigenvalue weighted by atomic mass is 10.1. The molecule has 0 bridgehead atoms. The third-order valence-corrected chi connectivity index (χ3v) is 3.79. The highest BCUT2D eigenvalue weighted by Gasteiger charge is 2.36. The summed E-state index contributed by atoms with van der Waals surface area (Å²) in [7, 11) is 0. The Morgan fingerprint density at radius 1 is 1.40 bits per heavy atom. The SMILES string of the molecule is O=C(OCC1CC1)[C@H]1CC(=O)N(Cc2ccccn2)C1. The van der Waals surface area contributed by atoms with Crippen LogP contribution in [0, 0.1) is 11.8 Å². The molecule has 0 unspecified atom stereocenters. The second kappa shape index (κ2) is 5.61. The first-order valence-corrected chi connectivity index (χ1v) is 7.06. The number of ether oxygens (including phenoxy) is 1. The van der Waals surface area contributed by atoms with Gasteiger partial charge in [0.15, 0.2) is 0 Å². The maximum absolute atomic E-state index is 11.9. The number of rotatable bonds is 5. The summed E-state index contributed by atoms with van der Waals surface area (Å²) in [5.41, 5.74) is 0.841. The molecule has 2 aliphatic rings. The Bertz CT molecular complexity index is 499. The highest BCUT2D eigenvalue weighted by Crippen LogP contribution is 2.29. The van der Waals surface area contributed by atoms with E-state index in [1.807, 2.05) is 18.2 Å². The minimum atomic E-state index is -0.315. The number of aromatic nitrogens is 1. The largest absolute Gasteiger partial charge is 0.465 e. The van der Waals surface area contributed by atoms with E-state index in [9.17, 15) is 9.59 Å². The van der Waals surface area contributed by atoms with Crippen LogP contribution in [0.1, 0.15) is 25.0 Å². The minimum absolute atomic E-state index is 0.00373. The van der Waals surface area contributed by atoms with Gasteiger partial charge in [-0.25, -0.2) is 0 Å². The second-order valence-electron chi connectivity index (χ2n) is 5.57. The summed E-state index contributed by atoms with van der Waals surface area (Å²) >= 11 is 0. The van der Waals surface area contributed by atoms with Crippen molar-refractivity contribution in [1.82, 2.24) is 9.88 Å². The molecule has 1 saturated carbocycles. The van der Waals surface area contributed by atoms with E-state index in [0.29, 0.717) is 25.6 Å². The zero-order valence-electron chi connectivity index (χ0n) is 11.3. The van der Waals surface area contributed by atoms with E-state index in [1.54, 1.807) is 11.1 Å². The molecule has 0 spiro atoms. The molecule has 2 fully saturated rings. The van der Waals surface area contributed by atoms with Gasteiger partial charge in [0.05, 0.1) is 24.8 Å². The zero-order valence-corrected chi connectivity index (χ0v) is 11.3. The summed E-state index contributed by atoms with van der Waals surface area (Å²) in [5.74, 6) is 0.0171. The van der Waals surface area contributed by atoms with E-state index in [4.69, 9.17) is 4.74 Å². The molecule has 1 amide bonds. The number of pyridine rings is 1. The third-order valence-electron chi connectivity index (χ3n) is 3.79. The number of likely N-dealkylation sites (tertiary alicyclic amines) is 1. The van der Waals surface area contributed by atoms with Crippen molar-refractivity contribution in [2.24, 2.45) is 11.8 Å². The maximum Gasteiger partial charge on any atom is 0.311 e. The molecule has 20 heavy (non-hydrogen) atoms. The first kappa shape index (κ1) is 13.1. The maximum atomic E-state index is 11.9. The number of esters is 1. The van der Waals surface area contributed by atoms with Crippen molar-refractivity contribution in [3.05, 3.63) is 30.1 Å². The van der Waals surface area contributed by atoms with Gasteiger partial charge in [0.2, 0.25) is 5.91 Å². The molecule has 1 aromatic heterocycles. The fourth-order valence-electron chi connectivity index (χ4n) is 2.37. The van der Waals surface area contributed by atoms with Gasteiger partial charge in [0.1, 0.15) is 0 Å². The van der Waals surface area contributed by atoms with Gasteiger partial charge < -0.3 is 9.64 Å². The lowest BCUT2D eigenvalue weighted by Gasteiger charge is -2.15. The molecule has 1 aromatic rings. The Kier molecular flexibility index (Phi) is 3.67. The lowest BCUT2D eigenvalue weighted by Crippen LogP contribution is -2.27. The molecular formula is C15H18N2O3. The molecule has 106 valence electrons. The van der Waals surface area contributed by atoms with Gasteiger partial charge in [-0.3, -0.25) is 14.6 Å². The first-order chi connectivity index (χ1) is 9.72. The number of hydrogen-bond donors (Lipinski definition) is 0. The average Bonchev–Trinajstić information content (AvgIpc) is 3.22. The molecule has 2 heterocycles. The predicted molar refractivity (Wildman–Crippen MR) is 71.4 cm³/mol. The number of carbonyl (C=O) groups excluding carboxylic acids is 2. The summed E-state index contributed by atoms with van der Waals surface area (Å²) in [5, 5.41) is 0. The minimum Gasteiger partial charge on any atom is -0.465 e. The van der Waals surface area contributed by atoms with Crippen LogP contribution in [0.2, 0.25) is 0 Å². The van der Waals surface area contributed by atoms with Crippen LogP contribution in [0.25, 0.3) is 0 Å². The van der Waals surface area contributed by atoms with Crippen molar-refractivity contribution in [1.29, 1.82) is 0 Å². The Labute approximate surface area is 117 Å². The number of nitrogens with zero attached hydrogens (tertiary/aromatic N) is 2. The lowest BCUT2D eigenvalue weighted by molar-refractivity contribution is -0.148. The fraction of sp³-hybridized carbons (Fsp3) is 0.533. The van der Waals surface area contributed by atoms with Gasteiger partial charge in [-0.2, -0.15) is 0 Å². The van der Waals surface area contributed by atoms with Crippen molar-refractivity contribution < 1.29 is 14.3 Å². The quantitative estimate of drug-likeness (QED) is 0.761. The molecule has 1 saturated heterocycles. The topological polar surface area (TPSA) is 59.5 Å². The van der Waals surface area contributed by atoms with Gasteiger partial charge in [0, 0.05) is 19.2 Å². The van der Waals surface area contributed by atoms with E-state index in [0.717, 1.165) is 18.5 Å². The summed E-state index contributed by atoms with van der Waals surface area (Å²) in [6.45, 7) is 1.43. The van der Waals surface area contributed by atoms with Crippen molar-refractivity contribution in [2.75, 3.05) is 13.2 Å². The molecule has 0 aromatic carbocycles. The molecule has 5 nitrogen and oxygen atoms in total. The molecule has 1 aliphatic carbocycles. The summed E-state index contributed by atoms with van der Waals surface area (Å²) in [4.78, 5) is 29.7. The van der Waals surface area contributed by atoms with E-state index < -0.39 is 0 Å². The molecular weight excluding hydrogens is 256 g/mol. The standard InChI is InChI=1S/C15H18N2O3/c18-14-7-12(15(19)20-10-11-4-5-11)8-17(14)9-13-3-1-2-6-16-13/h1-3,6,11-12H,4-5,7-10H2/t12-/m0/s1. The highest BCUT2D eigenvalue weighted by atomic mass is 16.5. The van der Waals surface area contributed by atoms with E-state index in [-0.39, 0.29) is 24.2 Å². The van der Waals surface area contributed by atoms with Crippen LogP contribution in [0.5, 0.6) is 0 Å². The van der Waals surface area contributed by atoms with Crippen molar-refractivity contribution >= 4 is 11.9 Å². The van der Waals surface area contributed by atoms with Crippen LogP contribution in [0.15, 0.2) is 24.4 Å². The van der Waals surface area contributed by atoms with Gasteiger partial charge in [-0.05, 0) is 30.9 Å². The molecule has 0 radical (unpaired) electrons. The van der Waals surface area contributed by atoms with Crippen LogP contribution in [-0.4, -0.2) is 34.9 Å². The summed E-state index contributed by atoms with van der Waals surface area (Å²) in [6.07, 6.45) is 4.28. The van der Waals surface area contributed by atoms with Gasteiger partial charge in [-0.1, -0.05) is 6.07 Å². The fourth-order valence-corrected chi connectivity index (χ4v) is 2.37. The second-order valence-corrected chi connectivity index (χ2v) is 5.57. The Balaban J connectivity index is 1.53. The van der Waals surface area contributed by atoms with Crippen LogP contribution < -0.4 is 0 Å². The average molecular weight is 274 g/mol. The van der Waals surface area contributed by atoms with Crippen LogP contribution >= 0.6 is 0 Å². The van der Waals surface area contributed by atoms with Crippen molar-refractivity contribution in [3.8, 4) is 0 Å². The zero-order chi connectivity index (χ0) is 13.9. The number of hydrogen-bond acceptors (Lipinski definition) is 4. The number of amides is 1. The molecule has 5 heteroatoms. The molecule has 1 atom stereocenters. The first-order valence-electron chi connectivity index (χ1n) is 7.06. The van der Waals surface area contributed by atoms with E-state index in [2.05, 4.69) is 4.98 Å². The Morgan fingerprint density at radius 3 is 2.95 bits per heavy atom. The predicted octanol–water partition coefficient (Wildman–Crippen LogP) is 1.38. The molecule has 1 aliphatic heterocycles. The van der Waals surface area contributed by atoms with Crippen LogP contribution in [0.4, 0.5) is 0 Å². The molecule has 3 rings (SSSR count). The van der Waals surface area contributed by atoms with Gasteiger partial charge in [0.25, 0.3) is 0 Å². The monoisotopic (exact) mass is 274 g/mol. The normalized spacial score (nSPS) is 22.1. The Hall–Kier alpha value is -1.91. The summed E-state index contributed by atoms with van der Waals surface area (Å²) < 4.78 is 5.26. The number of carbonyl (C=O) groups is 2.